The summed E-state index contributed by atoms with van der Waals surface area (Å²) in [5.74, 6) is 0.362. The third-order valence-corrected chi connectivity index (χ3v) is 5.01. The molecule has 1 amide bonds. The minimum absolute atomic E-state index is 0.00584. The predicted octanol–water partition coefficient (Wildman–Crippen LogP) is 2.37. The number of carbonyl (C=O) groups is 1. The maximum absolute atomic E-state index is 12.7. The van der Waals surface area contributed by atoms with Gasteiger partial charge in [0.2, 0.25) is 0 Å². The molecule has 3 aromatic rings. The molecular formula is C20H22N6O. The Morgan fingerprint density at radius 2 is 2.07 bits per heavy atom. The maximum Gasteiger partial charge on any atom is 0.272 e. The Hall–Kier alpha value is -3.09. The molecule has 0 aliphatic carbocycles. The lowest BCUT2D eigenvalue weighted by atomic mass is 9.92. The van der Waals surface area contributed by atoms with Gasteiger partial charge in [0.1, 0.15) is 11.4 Å². The van der Waals surface area contributed by atoms with Crippen LogP contribution in [0.15, 0.2) is 49.3 Å². The Morgan fingerprint density at radius 3 is 2.85 bits per heavy atom. The van der Waals surface area contributed by atoms with Crippen molar-refractivity contribution in [3.8, 4) is 11.4 Å². The smallest absolute Gasteiger partial charge is 0.272 e. The minimum atomic E-state index is 0.00584. The number of likely N-dealkylation sites (tertiary alicyclic amines) is 1. The fourth-order valence-electron chi connectivity index (χ4n) is 3.66. The zero-order chi connectivity index (χ0) is 18.6. The molecule has 0 aromatic carbocycles. The average molecular weight is 362 g/mol. The van der Waals surface area contributed by atoms with Gasteiger partial charge in [0.15, 0.2) is 0 Å². The van der Waals surface area contributed by atoms with Crippen LogP contribution in [0, 0.1) is 5.92 Å². The first-order chi connectivity index (χ1) is 13.2. The predicted molar refractivity (Wildman–Crippen MR) is 101 cm³/mol. The second kappa shape index (κ2) is 7.65. The molecule has 0 bridgehead atoms. The van der Waals surface area contributed by atoms with Crippen LogP contribution < -0.4 is 0 Å². The summed E-state index contributed by atoms with van der Waals surface area (Å²) in [6.45, 7) is 1.50. The van der Waals surface area contributed by atoms with E-state index in [1.54, 1.807) is 31.0 Å². The van der Waals surface area contributed by atoms with Crippen LogP contribution in [0.4, 0.5) is 0 Å². The number of amides is 1. The monoisotopic (exact) mass is 362 g/mol. The summed E-state index contributed by atoms with van der Waals surface area (Å²) < 4.78 is 1.95. The molecule has 0 radical (unpaired) electrons. The highest BCUT2D eigenvalue weighted by Gasteiger charge is 2.26. The van der Waals surface area contributed by atoms with Crippen molar-refractivity contribution in [3.05, 3.63) is 60.7 Å². The van der Waals surface area contributed by atoms with E-state index >= 15 is 0 Å². The van der Waals surface area contributed by atoms with Crippen molar-refractivity contribution in [2.75, 3.05) is 13.1 Å². The second-order valence-corrected chi connectivity index (χ2v) is 6.92. The van der Waals surface area contributed by atoms with Crippen molar-refractivity contribution in [2.45, 2.75) is 19.3 Å². The van der Waals surface area contributed by atoms with Gasteiger partial charge in [-0.05, 0) is 37.3 Å². The molecule has 138 valence electrons. The van der Waals surface area contributed by atoms with Crippen molar-refractivity contribution < 1.29 is 4.79 Å². The lowest BCUT2D eigenvalue weighted by molar-refractivity contribution is 0.0667. The van der Waals surface area contributed by atoms with Gasteiger partial charge in [0, 0.05) is 38.7 Å². The summed E-state index contributed by atoms with van der Waals surface area (Å²) in [6, 6.07) is 5.44. The fourth-order valence-corrected chi connectivity index (χ4v) is 3.66. The first-order valence-corrected chi connectivity index (χ1v) is 9.19. The SMILES string of the molecule is Cn1cncc1-c1nccnc1CC1CCCN(C(=O)c2ccccn2)C1. The number of piperidine rings is 1. The van der Waals surface area contributed by atoms with Gasteiger partial charge in [-0.2, -0.15) is 0 Å². The van der Waals surface area contributed by atoms with E-state index in [4.69, 9.17) is 0 Å². The van der Waals surface area contributed by atoms with E-state index in [1.165, 1.54) is 0 Å². The molecule has 4 rings (SSSR count). The van der Waals surface area contributed by atoms with Gasteiger partial charge < -0.3 is 9.47 Å². The molecule has 1 aliphatic heterocycles. The molecule has 1 fully saturated rings. The van der Waals surface area contributed by atoms with Crippen LogP contribution in [0.2, 0.25) is 0 Å². The lowest BCUT2D eigenvalue weighted by Gasteiger charge is -2.32. The van der Waals surface area contributed by atoms with Crippen molar-refractivity contribution in [2.24, 2.45) is 13.0 Å². The third kappa shape index (κ3) is 3.72. The summed E-state index contributed by atoms with van der Waals surface area (Å²) in [7, 11) is 1.95. The van der Waals surface area contributed by atoms with Crippen LogP contribution in [0.25, 0.3) is 11.4 Å². The van der Waals surface area contributed by atoms with Crippen LogP contribution in [0.5, 0.6) is 0 Å². The van der Waals surface area contributed by atoms with Crippen LogP contribution in [0.1, 0.15) is 29.0 Å². The van der Waals surface area contributed by atoms with E-state index in [-0.39, 0.29) is 5.91 Å². The normalized spacial score (nSPS) is 17.1. The van der Waals surface area contributed by atoms with Gasteiger partial charge in [0.25, 0.3) is 5.91 Å². The van der Waals surface area contributed by atoms with E-state index in [9.17, 15) is 4.79 Å². The molecular weight excluding hydrogens is 340 g/mol. The number of hydrogen-bond acceptors (Lipinski definition) is 5. The van der Waals surface area contributed by atoms with E-state index in [1.807, 2.05) is 34.8 Å². The molecule has 4 heterocycles. The molecule has 0 spiro atoms. The van der Waals surface area contributed by atoms with E-state index < -0.39 is 0 Å². The molecule has 0 saturated carbocycles. The Labute approximate surface area is 158 Å². The number of imidazole rings is 1. The highest BCUT2D eigenvalue weighted by Crippen LogP contribution is 2.25. The summed E-state index contributed by atoms with van der Waals surface area (Å²) in [6.07, 6.45) is 11.5. The van der Waals surface area contributed by atoms with Crippen LogP contribution in [-0.2, 0) is 13.5 Å². The summed E-state index contributed by atoms with van der Waals surface area (Å²) in [5, 5.41) is 0. The summed E-state index contributed by atoms with van der Waals surface area (Å²) >= 11 is 0. The number of pyridine rings is 1. The van der Waals surface area contributed by atoms with Crippen LogP contribution in [-0.4, -0.2) is 48.4 Å². The van der Waals surface area contributed by atoms with Gasteiger partial charge in [0.05, 0.1) is 23.9 Å². The largest absolute Gasteiger partial charge is 0.337 e. The summed E-state index contributed by atoms with van der Waals surface area (Å²) in [4.78, 5) is 32.1. The average Bonchev–Trinajstić information content (AvgIpc) is 3.14. The Kier molecular flexibility index (Phi) is 4.91. The molecule has 1 saturated heterocycles. The second-order valence-electron chi connectivity index (χ2n) is 6.92. The molecule has 7 heteroatoms. The zero-order valence-corrected chi connectivity index (χ0v) is 15.3. The fraction of sp³-hybridized carbons (Fsp3) is 0.350. The topological polar surface area (TPSA) is 76.8 Å². The van der Waals surface area contributed by atoms with Crippen LogP contribution >= 0.6 is 0 Å². The van der Waals surface area contributed by atoms with E-state index in [2.05, 4.69) is 19.9 Å². The van der Waals surface area contributed by atoms with Gasteiger partial charge in [-0.25, -0.2) is 4.98 Å². The van der Waals surface area contributed by atoms with Gasteiger partial charge in [-0.1, -0.05) is 6.07 Å². The Balaban J connectivity index is 1.51. The standard InChI is InChI=1S/C20H22N6O/c1-25-14-21-12-18(25)19-17(23-8-9-24-19)11-15-5-4-10-26(13-15)20(27)16-6-2-3-7-22-16/h2-3,6-9,12,14-15H,4-5,10-11,13H2,1H3. The Morgan fingerprint density at radius 1 is 1.19 bits per heavy atom. The Bertz CT molecular complexity index is 923. The summed E-state index contributed by atoms with van der Waals surface area (Å²) in [5.41, 5.74) is 3.28. The molecule has 27 heavy (non-hydrogen) atoms. The first-order valence-electron chi connectivity index (χ1n) is 9.19. The number of rotatable bonds is 4. The zero-order valence-electron chi connectivity index (χ0n) is 15.3. The molecule has 0 N–H and O–H groups in total. The number of hydrogen-bond donors (Lipinski definition) is 0. The number of aryl methyl sites for hydroxylation is 1. The number of carbonyl (C=O) groups excluding carboxylic acids is 1. The van der Waals surface area contributed by atoms with Gasteiger partial charge in [-0.15, -0.1) is 0 Å². The van der Waals surface area contributed by atoms with E-state index in [0.29, 0.717) is 11.6 Å². The van der Waals surface area contributed by atoms with E-state index in [0.717, 1.165) is 49.4 Å². The molecule has 7 nitrogen and oxygen atoms in total. The van der Waals surface area contributed by atoms with Crippen molar-refractivity contribution >= 4 is 5.91 Å². The molecule has 3 aromatic heterocycles. The highest BCUT2D eigenvalue weighted by molar-refractivity contribution is 5.92. The maximum atomic E-state index is 12.7. The van der Waals surface area contributed by atoms with Crippen LogP contribution in [0.3, 0.4) is 0 Å². The molecule has 1 unspecified atom stereocenters. The quantitative estimate of drug-likeness (QED) is 0.712. The first kappa shape index (κ1) is 17.3. The highest BCUT2D eigenvalue weighted by atomic mass is 16.2. The van der Waals surface area contributed by atoms with Gasteiger partial charge in [-0.3, -0.25) is 19.7 Å². The van der Waals surface area contributed by atoms with Gasteiger partial charge >= 0.3 is 0 Å². The third-order valence-electron chi connectivity index (χ3n) is 5.01. The minimum Gasteiger partial charge on any atom is -0.337 e. The van der Waals surface area contributed by atoms with Crippen molar-refractivity contribution in [3.63, 3.8) is 0 Å². The molecule has 1 atom stereocenters. The van der Waals surface area contributed by atoms with Crippen molar-refractivity contribution in [1.29, 1.82) is 0 Å². The lowest BCUT2D eigenvalue weighted by Crippen LogP contribution is -2.41. The molecule has 1 aliphatic rings. The number of aromatic nitrogens is 5. The number of nitrogens with zero attached hydrogens (tertiary/aromatic N) is 6. The van der Waals surface area contributed by atoms with Crippen molar-refractivity contribution in [1.82, 2.24) is 29.4 Å².